The lowest BCUT2D eigenvalue weighted by molar-refractivity contribution is 0.102. The predicted molar refractivity (Wildman–Crippen MR) is 102 cm³/mol. The third kappa shape index (κ3) is 4.19. The van der Waals surface area contributed by atoms with Crippen molar-refractivity contribution < 1.29 is 13.2 Å². The maximum atomic E-state index is 12.6. The quantitative estimate of drug-likeness (QED) is 0.602. The summed E-state index contributed by atoms with van der Waals surface area (Å²) in [6.45, 7) is 4.94. The fourth-order valence-corrected chi connectivity index (χ4v) is 5.28. The molecule has 0 saturated carbocycles. The zero-order valence-electron chi connectivity index (χ0n) is 15.0. The maximum absolute atomic E-state index is 12.6. The first-order chi connectivity index (χ1) is 12.4. The normalized spacial score (nSPS) is 15.9. The number of carbonyl (C=O) groups excluding carboxylic acids is 1. The summed E-state index contributed by atoms with van der Waals surface area (Å²) in [5.41, 5.74) is 2.52. The van der Waals surface area contributed by atoms with Gasteiger partial charge in [0.25, 0.3) is 0 Å². The largest absolute Gasteiger partial charge is 0.362 e. The van der Waals surface area contributed by atoms with E-state index in [0.717, 1.165) is 30.7 Å². The standard InChI is InChI=1S/C18H23N3O3S2/c1-13-10-16(14(2)20-13)17(22)12-25-18-7-6-15(11-19-18)26(23,24)21-8-4-3-5-9-21/h6-7,10-11,20H,3-5,8-9,12H2,1-2H3. The second kappa shape index (κ2) is 7.94. The minimum atomic E-state index is -3.47. The van der Waals surface area contributed by atoms with Gasteiger partial charge in [-0.2, -0.15) is 4.31 Å². The van der Waals surface area contributed by atoms with Gasteiger partial charge in [-0.05, 0) is 44.9 Å². The third-order valence-corrected chi connectivity index (χ3v) is 7.29. The number of rotatable bonds is 6. The van der Waals surface area contributed by atoms with Crippen LogP contribution in [0.3, 0.4) is 0 Å². The van der Waals surface area contributed by atoms with Crippen LogP contribution in [0, 0.1) is 13.8 Å². The number of aromatic nitrogens is 2. The number of hydrogen-bond donors (Lipinski definition) is 1. The minimum Gasteiger partial charge on any atom is -0.362 e. The number of H-pyrrole nitrogens is 1. The van der Waals surface area contributed by atoms with E-state index in [2.05, 4.69) is 9.97 Å². The molecule has 2 aromatic rings. The lowest BCUT2D eigenvalue weighted by Gasteiger charge is -2.25. The van der Waals surface area contributed by atoms with Crippen molar-refractivity contribution in [1.29, 1.82) is 0 Å². The Hall–Kier alpha value is -1.64. The molecule has 3 rings (SSSR count). The van der Waals surface area contributed by atoms with E-state index < -0.39 is 10.0 Å². The number of Topliss-reactive ketones (excluding diaryl/α,β-unsaturated/α-hetero) is 1. The molecule has 26 heavy (non-hydrogen) atoms. The van der Waals surface area contributed by atoms with E-state index in [1.54, 1.807) is 12.1 Å². The molecule has 0 atom stereocenters. The second-order valence-corrected chi connectivity index (χ2v) is 9.43. The highest BCUT2D eigenvalue weighted by Gasteiger charge is 2.26. The number of hydrogen-bond acceptors (Lipinski definition) is 5. The van der Waals surface area contributed by atoms with Gasteiger partial charge in [-0.15, -0.1) is 0 Å². The van der Waals surface area contributed by atoms with Crippen molar-refractivity contribution in [1.82, 2.24) is 14.3 Å². The Morgan fingerprint density at radius 1 is 1.23 bits per heavy atom. The number of thioether (sulfide) groups is 1. The number of carbonyl (C=O) groups is 1. The highest BCUT2D eigenvalue weighted by Crippen LogP contribution is 2.23. The van der Waals surface area contributed by atoms with Crippen molar-refractivity contribution in [3.8, 4) is 0 Å². The summed E-state index contributed by atoms with van der Waals surface area (Å²) in [6.07, 6.45) is 4.28. The van der Waals surface area contributed by atoms with Crippen LogP contribution in [0.25, 0.3) is 0 Å². The van der Waals surface area contributed by atoms with E-state index >= 15 is 0 Å². The van der Waals surface area contributed by atoms with Crippen LogP contribution in [0.5, 0.6) is 0 Å². The summed E-state index contributed by atoms with van der Waals surface area (Å²) in [4.78, 5) is 19.9. The molecular formula is C18H23N3O3S2. The lowest BCUT2D eigenvalue weighted by Crippen LogP contribution is -2.35. The lowest BCUT2D eigenvalue weighted by atomic mass is 10.2. The first-order valence-corrected chi connectivity index (χ1v) is 11.1. The monoisotopic (exact) mass is 393 g/mol. The van der Waals surface area contributed by atoms with Crippen LogP contribution in [0.1, 0.15) is 41.0 Å². The SMILES string of the molecule is Cc1cc(C(=O)CSc2ccc(S(=O)(=O)N3CCCCC3)cn2)c(C)[nH]1. The summed E-state index contributed by atoms with van der Waals surface area (Å²) < 4.78 is 26.8. The first kappa shape index (κ1) is 19.1. The van der Waals surface area contributed by atoms with E-state index in [4.69, 9.17) is 0 Å². The first-order valence-electron chi connectivity index (χ1n) is 8.66. The molecule has 0 spiro atoms. The molecule has 140 valence electrons. The van der Waals surface area contributed by atoms with Gasteiger partial charge < -0.3 is 4.98 Å². The van der Waals surface area contributed by atoms with Crippen LogP contribution in [0.2, 0.25) is 0 Å². The molecule has 1 aliphatic heterocycles. The Morgan fingerprint density at radius 2 is 1.96 bits per heavy atom. The van der Waals surface area contributed by atoms with Gasteiger partial charge in [-0.3, -0.25) is 4.79 Å². The van der Waals surface area contributed by atoms with Crippen LogP contribution in [0.4, 0.5) is 0 Å². The van der Waals surface area contributed by atoms with Gasteiger partial charge in [0, 0.05) is 36.2 Å². The average Bonchev–Trinajstić information content (AvgIpc) is 2.99. The van der Waals surface area contributed by atoms with Crippen LogP contribution in [0.15, 0.2) is 34.3 Å². The van der Waals surface area contributed by atoms with Crippen LogP contribution >= 0.6 is 11.8 Å². The molecule has 0 aliphatic carbocycles. The number of ketones is 1. The zero-order chi connectivity index (χ0) is 18.7. The minimum absolute atomic E-state index is 0.0312. The van der Waals surface area contributed by atoms with E-state index in [1.807, 2.05) is 19.9 Å². The Bertz CT molecular complexity index is 883. The number of piperidine rings is 1. The van der Waals surface area contributed by atoms with Crippen molar-refractivity contribution in [3.05, 3.63) is 41.3 Å². The predicted octanol–water partition coefficient (Wildman–Crippen LogP) is 3.18. The van der Waals surface area contributed by atoms with Gasteiger partial charge in [0.15, 0.2) is 5.78 Å². The van der Waals surface area contributed by atoms with E-state index in [9.17, 15) is 13.2 Å². The fraction of sp³-hybridized carbons (Fsp3) is 0.444. The Labute approximate surface area is 158 Å². The summed E-state index contributed by atoms with van der Waals surface area (Å²) in [5.74, 6) is 0.298. The molecule has 0 aromatic carbocycles. The van der Waals surface area contributed by atoms with Crippen LogP contribution < -0.4 is 0 Å². The van der Waals surface area contributed by atoms with E-state index in [1.165, 1.54) is 22.3 Å². The average molecular weight is 394 g/mol. The second-order valence-electron chi connectivity index (χ2n) is 6.50. The molecule has 3 heterocycles. The number of nitrogens with zero attached hydrogens (tertiary/aromatic N) is 2. The van der Waals surface area contributed by atoms with Gasteiger partial charge in [0.2, 0.25) is 10.0 Å². The Morgan fingerprint density at radius 3 is 2.54 bits per heavy atom. The smallest absolute Gasteiger partial charge is 0.244 e. The topological polar surface area (TPSA) is 83.1 Å². The van der Waals surface area contributed by atoms with Crippen LogP contribution in [-0.4, -0.2) is 47.3 Å². The van der Waals surface area contributed by atoms with Crippen molar-refractivity contribution >= 4 is 27.6 Å². The van der Waals surface area contributed by atoms with Gasteiger partial charge in [0.05, 0.1) is 10.8 Å². The van der Waals surface area contributed by atoms with Gasteiger partial charge in [-0.1, -0.05) is 18.2 Å². The maximum Gasteiger partial charge on any atom is 0.244 e. The van der Waals surface area contributed by atoms with Gasteiger partial charge in [-0.25, -0.2) is 13.4 Å². The molecule has 0 radical (unpaired) electrons. The van der Waals surface area contributed by atoms with Gasteiger partial charge >= 0.3 is 0 Å². The summed E-state index contributed by atoms with van der Waals surface area (Å²) >= 11 is 1.31. The zero-order valence-corrected chi connectivity index (χ0v) is 16.6. The Kier molecular flexibility index (Phi) is 5.84. The van der Waals surface area contributed by atoms with Crippen LogP contribution in [-0.2, 0) is 10.0 Å². The summed E-state index contributed by atoms with van der Waals surface area (Å²) in [5, 5.41) is 0.640. The summed E-state index contributed by atoms with van der Waals surface area (Å²) in [7, 11) is -3.47. The molecule has 6 nitrogen and oxygen atoms in total. The van der Waals surface area contributed by atoms with Crippen molar-refractivity contribution in [3.63, 3.8) is 0 Å². The van der Waals surface area contributed by atoms with E-state index in [-0.39, 0.29) is 16.4 Å². The summed E-state index contributed by atoms with van der Waals surface area (Å²) in [6, 6.07) is 5.10. The number of sulfonamides is 1. The molecule has 8 heteroatoms. The number of aryl methyl sites for hydroxylation is 2. The molecule has 0 amide bonds. The molecule has 0 unspecified atom stereocenters. The molecule has 1 N–H and O–H groups in total. The molecule has 1 fully saturated rings. The molecule has 1 aliphatic rings. The molecule has 2 aromatic heterocycles. The molecule has 1 saturated heterocycles. The molecule has 0 bridgehead atoms. The van der Waals surface area contributed by atoms with E-state index in [0.29, 0.717) is 23.7 Å². The number of nitrogens with one attached hydrogen (secondary N) is 1. The highest BCUT2D eigenvalue weighted by atomic mass is 32.2. The number of pyridine rings is 1. The highest BCUT2D eigenvalue weighted by molar-refractivity contribution is 7.99. The number of aromatic amines is 1. The Balaban J connectivity index is 1.64. The van der Waals surface area contributed by atoms with Gasteiger partial charge in [0.1, 0.15) is 4.90 Å². The van der Waals surface area contributed by atoms with Crippen molar-refractivity contribution in [2.24, 2.45) is 0 Å². The third-order valence-electron chi connectivity index (χ3n) is 4.46. The molecular weight excluding hydrogens is 370 g/mol. The van der Waals surface area contributed by atoms with Crippen molar-refractivity contribution in [2.75, 3.05) is 18.8 Å². The fourth-order valence-electron chi connectivity index (χ4n) is 3.09. The van der Waals surface area contributed by atoms with Crippen molar-refractivity contribution in [2.45, 2.75) is 43.0 Å².